The lowest BCUT2D eigenvalue weighted by molar-refractivity contribution is -0.122. The van der Waals surface area contributed by atoms with Gasteiger partial charge in [0.05, 0.1) is 23.6 Å². The Morgan fingerprint density at radius 1 is 0.829 bits per heavy atom. The van der Waals surface area contributed by atoms with Crippen molar-refractivity contribution < 1.29 is 14.4 Å². The second kappa shape index (κ2) is 8.43. The zero-order valence-corrected chi connectivity index (χ0v) is 22.0. The van der Waals surface area contributed by atoms with Crippen molar-refractivity contribution in [3.63, 3.8) is 0 Å². The van der Waals surface area contributed by atoms with Gasteiger partial charge < -0.3 is 4.90 Å². The maximum absolute atomic E-state index is 14.0. The molecule has 2 fully saturated rings. The Labute approximate surface area is 223 Å². The van der Waals surface area contributed by atoms with Crippen LogP contribution in [-0.4, -0.2) is 29.7 Å². The number of fused-ring (bicyclic) bond motifs is 5. The van der Waals surface area contributed by atoms with Crippen LogP contribution in [0.5, 0.6) is 0 Å². The Balaban J connectivity index is 1.50. The maximum atomic E-state index is 14.0. The molecule has 0 saturated carbocycles. The molecule has 8 heteroatoms. The van der Waals surface area contributed by atoms with Crippen molar-refractivity contribution in [2.45, 2.75) is 12.1 Å². The summed E-state index contributed by atoms with van der Waals surface area (Å²) in [6.45, 7) is 0. The number of carbonyl (C=O) groups is 3. The summed E-state index contributed by atoms with van der Waals surface area (Å²) < 4.78 is 1.70. The third kappa shape index (κ3) is 3.51. The van der Waals surface area contributed by atoms with Gasteiger partial charge in [0.2, 0.25) is 11.8 Å². The van der Waals surface area contributed by atoms with Crippen molar-refractivity contribution in [3.8, 4) is 0 Å². The average molecular weight is 613 g/mol. The predicted octanol–water partition coefficient (Wildman–Crippen LogP) is 6.14. The van der Waals surface area contributed by atoms with E-state index in [1.54, 1.807) is 60.7 Å². The Morgan fingerprint density at radius 2 is 1.46 bits per heavy atom. The van der Waals surface area contributed by atoms with Crippen molar-refractivity contribution in [1.29, 1.82) is 0 Å². The number of ketones is 1. The first-order valence-electron chi connectivity index (χ1n) is 11.0. The van der Waals surface area contributed by atoms with Crippen LogP contribution in [0.4, 0.5) is 11.4 Å². The first-order chi connectivity index (χ1) is 16.8. The normalized spacial score (nSPS) is 24.4. The van der Waals surface area contributed by atoms with Crippen LogP contribution in [0.15, 0.2) is 81.8 Å². The summed E-state index contributed by atoms with van der Waals surface area (Å²) in [5, 5.41) is 0.527. The van der Waals surface area contributed by atoms with E-state index < -0.39 is 23.9 Å². The molecule has 3 aliphatic heterocycles. The Bertz CT molecular complexity index is 1420. The Hall–Kier alpha value is -2.74. The highest BCUT2D eigenvalue weighted by Crippen LogP contribution is 2.50. The number of nitrogens with zero attached hydrogens (tertiary/aromatic N) is 2. The minimum absolute atomic E-state index is 0.199. The van der Waals surface area contributed by atoms with Crippen LogP contribution in [-0.2, 0) is 9.59 Å². The molecule has 0 aromatic heterocycles. The Morgan fingerprint density at radius 3 is 2.14 bits per heavy atom. The molecule has 0 spiro atoms. The van der Waals surface area contributed by atoms with Crippen molar-refractivity contribution in [2.75, 3.05) is 9.80 Å². The lowest BCUT2D eigenvalue weighted by Gasteiger charge is -2.36. The number of hydrogen-bond donors (Lipinski definition) is 0. The highest BCUT2D eigenvalue weighted by atomic mass is 79.9. The van der Waals surface area contributed by atoms with Crippen LogP contribution < -0.4 is 9.80 Å². The van der Waals surface area contributed by atoms with E-state index >= 15 is 0 Å². The quantitative estimate of drug-likeness (QED) is 0.264. The summed E-state index contributed by atoms with van der Waals surface area (Å²) in [6, 6.07) is 18.3. The van der Waals surface area contributed by atoms with Gasteiger partial charge in [0.1, 0.15) is 6.04 Å². The molecule has 6 rings (SSSR count). The molecular formula is C27H17Br2ClN2O3. The highest BCUT2D eigenvalue weighted by Gasteiger charge is 2.64. The fraction of sp³-hybridized carbons (Fsp3) is 0.148. The Kier molecular flexibility index (Phi) is 5.47. The van der Waals surface area contributed by atoms with Gasteiger partial charge in [-0.3, -0.25) is 14.4 Å². The summed E-state index contributed by atoms with van der Waals surface area (Å²) in [7, 11) is 0. The smallest absolute Gasteiger partial charge is 0.240 e. The molecule has 4 atom stereocenters. The number of amides is 2. The largest absolute Gasteiger partial charge is 0.352 e. The fourth-order valence-electron chi connectivity index (χ4n) is 5.46. The molecule has 3 aromatic rings. The number of halogens is 3. The van der Waals surface area contributed by atoms with Gasteiger partial charge in [-0.15, -0.1) is 0 Å². The maximum Gasteiger partial charge on any atom is 0.240 e. The minimum Gasteiger partial charge on any atom is -0.352 e. The van der Waals surface area contributed by atoms with Gasteiger partial charge in [0.25, 0.3) is 0 Å². The molecule has 3 aliphatic rings. The van der Waals surface area contributed by atoms with Gasteiger partial charge in [0.15, 0.2) is 5.78 Å². The van der Waals surface area contributed by atoms with Gasteiger partial charge in [0, 0.05) is 25.2 Å². The summed E-state index contributed by atoms with van der Waals surface area (Å²) >= 11 is 13.1. The third-order valence-electron chi connectivity index (χ3n) is 6.95. The van der Waals surface area contributed by atoms with Gasteiger partial charge in [-0.1, -0.05) is 73.8 Å². The zero-order chi connectivity index (χ0) is 24.4. The number of Topliss-reactive ketones (excluding diaryl/α,β-unsaturated/α-hetero) is 1. The van der Waals surface area contributed by atoms with Gasteiger partial charge in [-0.2, -0.15) is 0 Å². The highest BCUT2D eigenvalue weighted by molar-refractivity contribution is 9.10. The lowest BCUT2D eigenvalue weighted by Crippen LogP contribution is -2.48. The number of carbonyl (C=O) groups excluding carboxylic acids is 3. The van der Waals surface area contributed by atoms with Crippen LogP contribution in [0.2, 0.25) is 5.02 Å². The van der Waals surface area contributed by atoms with E-state index in [-0.39, 0.29) is 17.6 Å². The van der Waals surface area contributed by atoms with Crippen LogP contribution in [0, 0.1) is 11.8 Å². The SMILES string of the molecule is O=C(c1ccc(Br)cc1)[C@@H]1[C@@H]2C(=O)N(c3ccc(Br)cc3)C(=O)[C@H]2[C@@H]2C=Cc3ccc(Cl)cc3N12. The number of anilines is 2. The second-order valence-corrected chi connectivity index (χ2v) is 11.1. The van der Waals surface area contributed by atoms with Crippen molar-refractivity contribution in [1.82, 2.24) is 0 Å². The molecular weight excluding hydrogens is 596 g/mol. The average Bonchev–Trinajstić information content (AvgIpc) is 3.33. The van der Waals surface area contributed by atoms with E-state index in [0.29, 0.717) is 16.3 Å². The third-order valence-corrected chi connectivity index (χ3v) is 8.25. The first kappa shape index (κ1) is 22.7. The molecule has 3 aromatic carbocycles. The molecule has 0 radical (unpaired) electrons. The molecule has 35 heavy (non-hydrogen) atoms. The van der Waals surface area contributed by atoms with Crippen molar-refractivity contribution in [2.24, 2.45) is 11.8 Å². The predicted molar refractivity (Wildman–Crippen MR) is 143 cm³/mol. The molecule has 2 saturated heterocycles. The summed E-state index contributed by atoms with van der Waals surface area (Å²) in [5.74, 6) is -2.35. The number of benzene rings is 3. The topological polar surface area (TPSA) is 57.7 Å². The van der Waals surface area contributed by atoms with Crippen LogP contribution >= 0.6 is 43.5 Å². The van der Waals surface area contributed by atoms with Gasteiger partial charge in [-0.25, -0.2) is 4.90 Å². The summed E-state index contributed by atoms with van der Waals surface area (Å²) in [5.41, 5.74) is 2.63. The molecule has 0 bridgehead atoms. The molecule has 2 amide bonds. The number of imide groups is 1. The van der Waals surface area contributed by atoms with Gasteiger partial charge in [-0.05, 0) is 54.1 Å². The first-order valence-corrected chi connectivity index (χ1v) is 13.0. The van der Waals surface area contributed by atoms with Crippen LogP contribution in [0.1, 0.15) is 15.9 Å². The summed E-state index contributed by atoms with van der Waals surface area (Å²) in [4.78, 5) is 44.8. The number of rotatable bonds is 3. The molecule has 3 heterocycles. The van der Waals surface area contributed by atoms with Crippen molar-refractivity contribution in [3.05, 3.63) is 97.9 Å². The molecule has 174 valence electrons. The molecule has 0 unspecified atom stereocenters. The van der Waals surface area contributed by atoms with E-state index in [0.717, 1.165) is 20.2 Å². The molecule has 0 N–H and O–H groups in total. The standard InChI is InChI=1S/C27H17Br2ClN2O3/c28-16-5-1-15(2-6-16)25(33)24-23-22(20-12-4-14-3-9-18(30)13-21(14)32(20)24)26(34)31(27(23)35)19-10-7-17(29)8-11-19/h1-13,20,22-24H/t20-,22-,23+,24-/m0/s1. The van der Waals surface area contributed by atoms with Crippen LogP contribution in [0.25, 0.3) is 6.08 Å². The van der Waals surface area contributed by atoms with E-state index in [2.05, 4.69) is 31.9 Å². The fourth-order valence-corrected chi connectivity index (χ4v) is 6.16. The number of hydrogen-bond acceptors (Lipinski definition) is 4. The van der Waals surface area contributed by atoms with Gasteiger partial charge >= 0.3 is 0 Å². The molecule has 5 nitrogen and oxygen atoms in total. The molecule has 0 aliphatic carbocycles. The zero-order valence-electron chi connectivity index (χ0n) is 18.1. The second-order valence-electron chi connectivity index (χ2n) is 8.82. The monoisotopic (exact) mass is 610 g/mol. The lowest BCUT2D eigenvalue weighted by atomic mass is 9.86. The summed E-state index contributed by atoms with van der Waals surface area (Å²) in [6.07, 6.45) is 3.87. The van der Waals surface area contributed by atoms with E-state index in [1.807, 2.05) is 23.1 Å². The van der Waals surface area contributed by atoms with Crippen molar-refractivity contribution >= 4 is 78.5 Å². The van der Waals surface area contributed by atoms with E-state index in [4.69, 9.17) is 11.6 Å². The van der Waals surface area contributed by atoms with E-state index in [9.17, 15) is 14.4 Å². The minimum atomic E-state index is -0.842. The van der Waals surface area contributed by atoms with Crippen LogP contribution in [0.3, 0.4) is 0 Å². The van der Waals surface area contributed by atoms with E-state index in [1.165, 1.54) is 4.90 Å².